The van der Waals surface area contributed by atoms with E-state index < -0.39 is 23.5 Å². The number of ketones is 1. The number of carbonyl (C=O) groups is 3. The number of aromatic nitrogens is 1. The van der Waals surface area contributed by atoms with Gasteiger partial charge in [0.2, 0.25) is 0 Å². The van der Waals surface area contributed by atoms with Crippen molar-refractivity contribution in [3.05, 3.63) is 52.4 Å². The van der Waals surface area contributed by atoms with Gasteiger partial charge in [0.15, 0.2) is 0 Å². The lowest BCUT2D eigenvalue weighted by Crippen LogP contribution is -2.51. The van der Waals surface area contributed by atoms with Gasteiger partial charge in [-0.05, 0) is 31.2 Å². The number of hydrogen-bond donors (Lipinski definition) is 0. The van der Waals surface area contributed by atoms with E-state index in [-0.39, 0.29) is 22.9 Å². The molecule has 2 aliphatic rings. The molecule has 2 aliphatic heterocycles. The average molecular weight is 447 g/mol. The van der Waals surface area contributed by atoms with Crippen molar-refractivity contribution < 1.29 is 23.5 Å². The highest BCUT2D eigenvalue weighted by Gasteiger charge is 2.40. The number of nitrogens with zero attached hydrogens (tertiary/aromatic N) is 4. The van der Waals surface area contributed by atoms with Crippen LogP contribution in [-0.2, 0) is 9.53 Å². The molecule has 0 spiro atoms. The number of benzene rings is 1. The van der Waals surface area contributed by atoms with Gasteiger partial charge in [-0.15, -0.1) is 0 Å². The lowest BCUT2D eigenvalue weighted by molar-refractivity contribution is -0.114. The number of esters is 1. The maximum atomic E-state index is 14.4. The minimum Gasteiger partial charge on any atom is -0.462 e. The third kappa shape index (κ3) is 3.98. The summed E-state index contributed by atoms with van der Waals surface area (Å²) < 4.78 is 19.3. The number of carbonyl (C=O) groups excluding carboxylic acids is 3. The molecule has 0 radical (unpaired) electrons. The van der Waals surface area contributed by atoms with Crippen molar-refractivity contribution in [3.8, 4) is 0 Å². The van der Waals surface area contributed by atoms with Gasteiger partial charge in [0, 0.05) is 32.4 Å². The molecule has 0 unspecified atom stereocenters. The number of fused-ring (bicyclic) bond motifs is 1. The molecule has 162 valence electrons. The Labute approximate surface area is 183 Å². The van der Waals surface area contributed by atoms with Gasteiger partial charge in [0.1, 0.15) is 11.6 Å². The van der Waals surface area contributed by atoms with E-state index in [1.807, 2.05) is 9.80 Å². The van der Waals surface area contributed by atoms with Crippen molar-refractivity contribution in [1.29, 1.82) is 0 Å². The fraction of sp³-hybridized carbons (Fsp3) is 0.333. The monoisotopic (exact) mass is 446 g/mol. The molecular weight excluding hydrogens is 427 g/mol. The summed E-state index contributed by atoms with van der Waals surface area (Å²) >= 11 is 6.02. The number of pyridine rings is 1. The highest BCUT2D eigenvalue weighted by molar-refractivity contribution is 6.55. The largest absolute Gasteiger partial charge is 0.462 e. The maximum absolute atomic E-state index is 14.4. The molecular formula is C21H20ClFN4O4. The van der Waals surface area contributed by atoms with Crippen molar-refractivity contribution in [3.63, 3.8) is 0 Å². The second-order valence-corrected chi connectivity index (χ2v) is 7.59. The van der Waals surface area contributed by atoms with Crippen molar-refractivity contribution >= 4 is 40.8 Å². The minimum absolute atomic E-state index is 0.0545. The Morgan fingerprint density at radius 2 is 1.90 bits per heavy atom. The van der Waals surface area contributed by atoms with Crippen molar-refractivity contribution in [2.75, 3.05) is 49.3 Å². The van der Waals surface area contributed by atoms with Crippen LogP contribution in [0.5, 0.6) is 0 Å². The van der Waals surface area contributed by atoms with Gasteiger partial charge in [-0.2, -0.15) is 0 Å². The van der Waals surface area contributed by atoms with E-state index in [1.165, 1.54) is 12.3 Å². The lowest BCUT2D eigenvalue weighted by atomic mass is 10.1. The van der Waals surface area contributed by atoms with Crippen LogP contribution in [0.25, 0.3) is 0 Å². The first kappa shape index (κ1) is 21.2. The molecule has 31 heavy (non-hydrogen) atoms. The SMILES string of the molecule is CCOC(=O)c1ccc(N2CCN(CN3C(=O)C(=O)c4c(Cl)ccc(F)c43)CC2)nc1. The first-order chi connectivity index (χ1) is 14.9. The predicted octanol–water partition coefficient (Wildman–Crippen LogP) is 2.36. The third-order valence-electron chi connectivity index (χ3n) is 5.31. The highest BCUT2D eigenvalue weighted by atomic mass is 35.5. The third-order valence-corrected chi connectivity index (χ3v) is 5.63. The standard InChI is InChI=1S/C21H20ClFN4O4/c1-2-31-21(30)13-3-6-16(24-11-13)26-9-7-25(8-10-26)12-27-18-15(23)5-4-14(22)17(18)19(28)20(27)29/h3-6,11H,2,7-10,12H2,1H3. The van der Waals surface area contributed by atoms with Gasteiger partial charge in [-0.1, -0.05) is 11.6 Å². The summed E-state index contributed by atoms with van der Waals surface area (Å²) in [5.41, 5.74) is 0.262. The number of halogens is 2. The molecule has 4 rings (SSSR count). The van der Waals surface area contributed by atoms with E-state index in [2.05, 4.69) is 4.98 Å². The van der Waals surface area contributed by atoms with Gasteiger partial charge in [-0.25, -0.2) is 14.2 Å². The summed E-state index contributed by atoms with van der Waals surface area (Å²) in [6, 6.07) is 5.87. The van der Waals surface area contributed by atoms with Crippen LogP contribution < -0.4 is 9.80 Å². The molecule has 0 N–H and O–H groups in total. The number of hydrogen-bond acceptors (Lipinski definition) is 7. The van der Waals surface area contributed by atoms with E-state index in [1.54, 1.807) is 19.1 Å². The predicted molar refractivity (Wildman–Crippen MR) is 112 cm³/mol. The van der Waals surface area contributed by atoms with Crippen LogP contribution in [-0.4, -0.2) is 67.0 Å². The van der Waals surface area contributed by atoms with Gasteiger partial charge in [0.25, 0.3) is 5.78 Å². The van der Waals surface area contributed by atoms with Crippen molar-refractivity contribution in [2.24, 2.45) is 0 Å². The van der Waals surface area contributed by atoms with Crippen LogP contribution >= 0.6 is 11.6 Å². The van der Waals surface area contributed by atoms with E-state index in [9.17, 15) is 18.8 Å². The summed E-state index contributed by atoms with van der Waals surface area (Å²) in [5, 5.41) is 0.0689. The fourth-order valence-electron chi connectivity index (χ4n) is 3.71. The summed E-state index contributed by atoms with van der Waals surface area (Å²) in [7, 11) is 0. The lowest BCUT2D eigenvalue weighted by Gasteiger charge is -2.37. The normalized spacial score (nSPS) is 16.6. The molecule has 1 aromatic heterocycles. The Morgan fingerprint density at radius 3 is 2.55 bits per heavy atom. The van der Waals surface area contributed by atoms with E-state index in [4.69, 9.17) is 16.3 Å². The molecule has 0 saturated carbocycles. The summed E-state index contributed by atoms with van der Waals surface area (Å²) in [4.78, 5) is 45.9. The maximum Gasteiger partial charge on any atom is 0.339 e. The Balaban J connectivity index is 1.40. The fourth-order valence-corrected chi connectivity index (χ4v) is 3.95. The topological polar surface area (TPSA) is 83.0 Å². The summed E-state index contributed by atoms with van der Waals surface area (Å²) in [5.74, 6) is -1.90. The quantitative estimate of drug-likeness (QED) is 0.515. The zero-order valence-corrected chi connectivity index (χ0v) is 17.6. The number of Topliss-reactive ketones (excluding diaryl/α,β-unsaturated/α-hetero) is 1. The second-order valence-electron chi connectivity index (χ2n) is 7.19. The number of piperazine rings is 1. The van der Waals surface area contributed by atoms with Crippen LogP contribution in [0.15, 0.2) is 30.5 Å². The van der Waals surface area contributed by atoms with Crippen molar-refractivity contribution in [2.45, 2.75) is 6.92 Å². The smallest absolute Gasteiger partial charge is 0.339 e. The molecule has 0 bridgehead atoms. The van der Waals surface area contributed by atoms with E-state index in [0.717, 1.165) is 16.8 Å². The molecule has 1 amide bonds. The molecule has 0 aliphatic carbocycles. The second kappa shape index (κ2) is 8.60. The van der Waals surface area contributed by atoms with Crippen LogP contribution in [0.2, 0.25) is 5.02 Å². The summed E-state index contributed by atoms with van der Waals surface area (Å²) in [6.45, 7) is 4.53. The molecule has 10 heteroatoms. The van der Waals surface area contributed by atoms with E-state index in [0.29, 0.717) is 38.3 Å². The zero-order valence-electron chi connectivity index (χ0n) is 16.8. The number of anilines is 2. The summed E-state index contributed by atoms with van der Waals surface area (Å²) in [6.07, 6.45) is 1.48. The van der Waals surface area contributed by atoms with Crippen LogP contribution in [0.3, 0.4) is 0 Å². The first-order valence-corrected chi connectivity index (χ1v) is 10.2. The number of ether oxygens (including phenoxy) is 1. The van der Waals surface area contributed by atoms with Crippen LogP contribution in [0.1, 0.15) is 27.6 Å². The first-order valence-electron chi connectivity index (χ1n) is 9.85. The highest BCUT2D eigenvalue weighted by Crippen LogP contribution is 2.36. The molecule has 1 aromatic carbocycles. The Bertz CT molecular complexity index is 1040. The Morgan fingerprint density at radius 1 is 1.16 bits per heavy atom. The molecule has 3 heterocycles. The van der Waals surface area contributed by atoms with Gasteiger partial charge in [-0.3, -0.25) is 19.4 Å². The minimum atomic E-state index is -0.788. The Kier molecular flexibility index (Phi) is 5.88. The Hall–Kier alpha value is -3.04. The molecule has 1 saturated heterocycles. The molecule has 8 nitrogen and oxygen atoms in total. The van der Waals surface area contributed by atoms with Crippen LogP contribution in [0.4, 0.5) is 15.9 Å². The van der Waals surface area contributed by atoms with Crippen LogP contribution in [0, 0.1) is 5.82 Å². The zero-order chi connectivity index (χ0) is 22.1. The average Bonchev–Trinajstić information content (AvgIpc) is 3.03. The molecule has 1 fully saturated rings. The number of rotatable bonds is 5. The number of amides is 1. The molecule has 0 atom stereocenters. The van der Waals surface area contributed by atoms with Gasteiger partial charge in [0.05, 0.1) is 35.1 Å². The van der Waals surface area contributed by atoms with Gasteiger partial charge < -0.3 is 9.64 Å². The van der Waals surface area contributed by atoms with E-state index >= 15 is 0 Å². The molecule has 2 aromatic rings. The van der Waals surface area contributed by atoms with Crippen molar-refractivity contribution in [1.82, 2.24) is 9.88 Å². The van der Waals surface area contributed by atoms with Gasteiger partial charge >= 0.3 is 11.9 Å².